The number of halogens is 3. The molecule has 3 atom stereocenters. The highest BCUT2D eigenvalue weighted by atomic mass is 19.1. The first kappa shape index (κ1) is 25.7. The third-order valence-electron chi connectivity index (χ3n) is 6.78. The number of pyridine rings is 2. The van der Waals surface area contributed by atoms with Gasteiger partial charge in [0.1, 0.15) is 23.1 Å². The number of nitrogens with one attached hydrogen (secondary N) is 1. The lowest BCUT2D eigenvalue weighted by Crippen LogP contribution is -2.55. The van der Waals surface area contributed by atoms with E-state index in [1.54, 1.807) is 25.6 Å². The molecule has 3 aromatic heterocycles. The number of anilines is 2. The molecule has 0 amide bonds. The highest BCUT2D eigenvalue weighted by Crippen LogP contribution is 2.32. The van der Waals surface area contributed by atoms with Crippen LogP contribution in [0.5, 0.6) is 0 Å². The molecule has 4 aromatic rings. The second-order valence-corrected chi connectivity index (χ2v) is 9.63. The predicted molar refractivity (Wildman–Crippen MR) is 139 cm³/mol. The van der Waals surface area contributed by atoms with Gasteiger partial charge in [0.15, 0.2) is 0 Å². The highest BCUT2D eigenvalue weighted by Gasteiger charge is 2.31. The van der Waals surface area contributed by atoms with Gasteiger partial charge in [-0.15, -0.1) is 0 Å². The predicted octanol–water partition coefficient (Wildman–Crippen LogP) is 3.72. The molecule has 4 heterocycles. The molecule has 0 radical (unpaired) electrons. The minimum absolute atomic E-state index is 0.0181. The molecule has 8 nitrogen and oxygen atoms in total. The van der Waals surface area contributed by atoms with E-state index in [1.807, 2.05) is 13.0 Å². The van der Waals surface area contributed by atoms with Crippen molar-refractivity contribution >= 4 is 11.4 Å². The summed E-state index contributed by atoms with van der Waals surface area (Å²) in [7, 11) is 1.70. The summed E-state index contributed by atoms with van der Waals surface area (Å²) in [6.07, 6.45) is 5.86. The number of rotatable bonds is 6. The average Bonchev–Trinajstić information content (AvgIpc) is 3.33. The van der Waals surface area contributed by atoms with Crippen molar-refractivity contribution in [3.63, 3.8) is 0 Å². The Morgan fingerprint density at radius 1 is 1.05 bits per heavy atom. The van der Waals surface area contributed by atoms with E-state index in [-0.39, 0.29) is 12.5 Å². The molecule has 11 heteroatoms. The van der Waals surface area contributed by atoms with Crippen LogP contribution >= 0.6 is 0 Å². The Labute approximate surface area is 218 Å². The fourth-order valence-corrected chi connectivity index (χ4v) is 4.79. The Hall–Kier alpha value is -3.96. The van der Waals surface area contributed by atoms with Gasteiger partial charge < -0.3 is 21.1 Å². The molecule has 0 aliphatic carbocycles. The Morgan fingerprint density at radius 3 is 2.50 bits per heavy atom. The van der Waals surface area contributed by atoms with Gasteiger partial charge in [0, 0.05) is 50.1 Å². The summed E-state index contributed by atoms with van der Waals surface area (Å²) in [5.41, 5.74) is 7.93. The number of nitrogens with two attached hydrogens (primary N) is 1. The second kappa shape index (κ2) is 10.4. The van der Waals surface area contributed by atoms with Gasteiger partial charge in [0.2, 0.25) is 0 Å². The molecule has 1 saturated heterocycles. The third-order valence-corrected chi connectivity index (χ3v) is 6.78. The number of hydrogen-bond donors (Lipinski definition) is 3. The molecule has 0 saturated carbocycles. The first-order valence-electron chi connectivity index (χ1n) is 12.2. The molecule has 1 aliphatic rings. The number of aliphatic hydroxyl groups is 1. The van der Waals surface area contributed by atoms with Gasteiger partial charge in [-0.25, -0.2) is 18.2 Å². The molecule has 0 bridgehead atoms. The number of aryl methyl sites for hydroxylation is 1. The Morgan fingerprint density at radius 2 is 1.82 bits per heavy atom. The van der Waals surface area contributed by atoms with Gasteiger partial charge in [-0.3, -0.25) is 9.67 Å². The van der Waals surface area contributed by atoms with Crippen LogP contribution in [0.4, 0.5) is 24.5 Å². The maximum absolute atomic E-state index is 15.1. The number of piperidine rings is 1. The first-order valence-corrected chi connectivity index (χ1v) is 12.2. The maximum atomic E-state index is 15.1. The monoisotopic (exact) mass is 523 g/mol. The van der Waals surface area contributed by atoms with E-state index < -0.39 is 40.9 Å². The SMILES string of the molecule is CC1CN(c2ccncc2NCc2ccc(F)c(-c3c(F)cc(-c4cnn(C)c4)cc3F)n2)CC(N)C1O. The number of hydrogen-bond acceptors (Lipinski definition) is 7. The molecule has 0 spiro atoms. The van der Waals surface area contributed by atoms with Crippen molar-refractivity contribution in [3.05, 3.63) is 78.3 Å². The molecular weight excluding hydrogens is 495 g/mol. The minimum Gasteiger partial charge on any atom is -0.391 e. The van der Waals surface area contributed by atoms with Crippen molar-refractivity contribution in [2.45, 2.75) is 25.6 Å². The number of aromatic nitrogens is 4. The lowest BCUT2D eigenvalue weighted by molar-refractivity contribution is 0.0785. The highest BCUT2D eigenvalue weighted by molar-refractivity contribution is 5.71. The van der Waals surface area contributed by atoms with Crippen LogP contribution in [0.15, 0.2) is 55.1 Å². The van der Waals surface area contributed by atoms with E-state index in [2.05, 4.69) is 25.3 Å². The third kappa shape index (κ3) is 5.07. The standard InChI is InChI=1S/C27H28F3N7O/c1-15-12-37(14-22(31)27(15)38)24-5-6-32-11-23(24)33-10-18-3-4-19(28)26(35-18)25-20(29)7-16(8-21(25)30)17-9-34-36(2)13-17/h3-9,11,13,15,22,27,33,38H,10,12,14,31H2,1-2H3. The largest absolute Gasteiger partial charge is 0.391 e. The summed E-state index contributed by atoms with van der Waals surface area (Å²) in [5.74, 6) is -2.70. The quantitative estimate of drug-likeness (QED) is 0.354. The number of benzene rings is 1. The average molecular weight is 524 g/mol. The first-order chi connectivity index (χ1) is 18.2. The van der Waals surface area contributed by atoms with Crippen LogP contribution in [0.3, 0.4) is 0 Å². The van der Waals surface area contributed by atoms with Crippen LogP contribution in [0, 0.1) is 23.4 Å². The van der Waals surface area contributed by atoms with E-state index in [0.717, 1.165) is 23.9 Å². The zero-order valence-electron chi connectivity index (χ0n) is 20.9. The molecule has 38 heavy (non-hydrogen) atoms. The Bertz CT molecular complexity index is 1430. The second-order valence-electron chi connectivity index (χ2n) is 9.63. The summed E-state index contributed by atoms with van der Waals surface area (Å²) in [6.45, 7) is 3.17. The van der Waals surface area contributed by atoms with Crippen molar-refractivity contribution in [2.75, 3.05) is 23.3 Å². The van der Waals surface area contributed by atoms with Crippen molar-refractivity contribution in [1.29, 1.82) is 0 Å². The Kier molecular flexibility index (Phi) is 7.04. The van der Waals surface area contributed by atoms with Crippen LogP contribution in [0.1, 0.15) is 12.6 Å². The van der Waals surface area contributed by atoms with Crippen molar-refractivity contribution in [1.82, 2.24) is 19.7 Å². The van der Waals surface area contributed by atoms with Crippen LogP contribution in [0.25, 0.3) is 22.4 Å². The van der Waals surface area contributed by atoms with Gasteiger partial charge in [-0.05, 0) is 35.9 Å². The Balaban J connectivity index is 1.39. The summed E-state index contributed by atoms with van der Waals surface area (Å²) in [5, 5.41) is 17.5. The van der Waals surface area contributed by atoms with E-state index in [0.29, 0.717) is 35.6 Å². The molecule has 1 aliphatic heterocycles. The summed E-state index contributed by atoms with van der Waals surface area (Å²) in [4.78, 5) is 10.5. The van der Waals surface area contributed by atoms with Gasteiger partial charge in [-0.2, -0.15) is 5.10 Å². The molecule has 5 rings (SSSR count). The summed E-state index contributed by atoms with van der Waals surface area (Å²) in [6, 6.07) is 6.34. The fraction of sp³-hybridized carbons (Fsp3) is 0.296. The zero-order chi connectivity index (χ0) is 27.0. The van der Waals surface area contributed by atoms with Crippen molar-refractivity contribution in [3.8, 4) is 22.4 Å². The number of nitrogens with zero attached hydrogens (tertiary/aromatic N) is 5. The van der Waals surface area contributed by atoms with E-state index in [4.69, 9.17) is 5.73 Å². The zero-order valence-corrected chi connectivity index (χ0v) is 20.9. The fourth-order valence-electron chi connectivity index (χ4n) is 4.79. The lowest BCUT2D eigenvalue weighted by atomic mass is 9.92. The molecule has 4 N–H and O–H groups in total. The molecule has 1 fully saturated rings. The lowest BCUT2D eigenvalue weighted by Gasteiger charge is -2.40. The van der Waals surface area contributed by atoms with E-state index in [1.165, 1.54) is 16.9 Å². The van der Waals surface area contributed by atoms with Crippen molar-refractivity contribution in [2.24, 2.45) is 18.7 Å². The van der Waals surface area contributed by atoms with Gasteiger partial charge in [0.25, 0.3) is 0 Å². The smallest absolute Gasteiger partial charge is 0.149 e. The molecular formula is C27H28F3N7O. The van der Waals surface area contributed by atoms with Gasteiger partial charge >= 0.3 is 0 Å². The summed E-state index contributed by atoms with van der Waals surface area (Å²) >= 11 is 0. The van der Waals surface area contributed by atoms with Crippen LogP contribution in [-0.2, 0) is 13.6 Å². The van der Waals surface area contributed by atoms with Crippen molar-refractivity contribution < 1.29 is 18.3 Å². The topological polar surface area (TPSA) is 105 Å². The number of aliphatic hydroxyl groups excluding tert-OH is 1. The normalized spacial score (nSPS) is 19.6. The molecule has 198 valence electrons. The molecule has 1 aromatic carbocycles. The maximum Gasteiger partial charge on any atom is 0.149 e. The van der Waals surface area contributed by atoms with Gasteiger partial charge in [-0.1, -0.05) is 6.92 Å². The van der Waals surface area contributed by atoms with Crippen LogP contribution in [0.2, 0.25) is 0 Å². The minimum atomic E-state index is -0.923. The summed E-state index contributed by atoms with van der Waals surface area (Å²) < 4.78 is 46.4. The van der Waals surface area contributed by atoms with E-state index in [9.17, 15) is 9.50 Å². The van der Waals surface area contributed by atoms with E-state index >= 15 is 8.78 Å². The van der Waals surface area contributed by atoms with Crippen LogP contribution < -0.4 is 16.0 Å². The molecule has 3 unspecified atom stereocenters. The van der Waals surface area contributed by atoms with Crippen LogP contribution in [-0.4, -0.2) is 50.1 Å². The van der Waals surface area contributed by atoms with Gasteiger partial charge in [0.05, 0.1) is 47.7 Å².